The van der Waals surface area contributed by atoms with Crippen molar-refractivity contribution in [2.75, 3.05) is 24.3 Å². The van der Waals surface area contributed by atoms with Crippen molar-refractivity contribution in [3.05, 3.63) is 47.7 Å². The third-order valence-electron chi connectivity index (χ3n) is 5.00. The van der Waals surface area contributed by atoms with E-state index in [9.17, 15) is 4.79 Å². The van der Waals surface area contributed by atoms with Gasteiger partial charge in [-0.1, -0.05) is 18.9 Å². The number of pyridine rings is 1. The van der Waals surface area contributed by atoms with Crippen LogP contribution in [0.15, 0.2) is 36.5 Å². The second-order valence-electron chi connectivity index (χ2n) is 7.11. The second-order valence-corrected chi connectivity index (χ2v) is 7.52. The van der Waals surface area contributed by atoms with Gasteiger partial charge >= 0.3 is 0 Å². The number of nitrogens with zero attached hydrogens (tertiary/aromatic N) is 1. The van der Waals surface area contributed by atoms with Gasteiger partial charge in [-0.3, -0.25) is 4.79 Å². The molecule has 1 fully saturated rings. The Morgan fingerprint density at radius 1 is 1.31 bits per heavy atom. The number of amides is 1. The van der Waals surface area contributed by atoms with Crippen LogP contribution in [0.4, 0.5) is 11.5 Å². The van der Waals surface area contributed by atoms with E-state index in [1.54, 1.807) is 25.4 Å². The number of primary amides is 1. The van der Waals surface area contributed by atoms with Crippen LogP contribution in [0.1, 0.15) is 41.6 Å². The average molecular weight is 414 g/mol. The first-order valence-corrected chi connectivity index (χ1v) is 10.2. The van der Waals surface area contributed by atoms with Gasteiger partial charge in [-0.15, -0.1) is 0 Å². The Hall–Kier alpha value is -2.87. The Labute approximate surface area is 176 Å². The SMILES string of the molecule is CNC(=S)Nc1cc(CNc2c(OCC3CCCC3)cccc2C(N)=O)ccn1. The van der Waals surface area contributed by atoms with Crippen molar-refractivity contribution in [3.8, 4) is 5.75 Å². The zero-order chi connectivity index (χ0) is 20.6. The predicted molar refractivity (Wildman–Crippen MR) is 119 cm³/mol. The molecule has 154 valence electrons. The smallest absolute Gasteiger partial charge is 0.250 e. The van der Waals surface area contributed by atoms with Crippen LogP contribution < -0.4 is 26.4 Å². The Morgan fingerprint density at radius 3 is 2.83 bits per heavy atom. The fourth-order valence-corrected chi connectivity index (χ4v) is 3.55. The molecule has 0 aliphatic heterocycles. The maximum atomic E-state index is 11.9. The number of rotatable bonds is 8. The van der Waals surface area contributed by atoms with E-state index in [-0.39, 0.29) is 0 Å². The summed E-state index contributed by atoms with van der Waals surface area (Å²) < 4.78 is 6.07. The van der Waals surface area contributed by atoms with Crippen molar-refractivity contribution in [3.63, 3.8) is 0 Å². The largest absolute Gasteiger partial charge is 0.491 e. The summed E-state index contributed by atoms with van der Waals surface area (Å²) in [7, 11) is 1.74. The van der Waals surface area contributed by atoms with Crippen molar-refractivity contribution in [1.82, 2.24) is 10.3 Å². The van der Waals surface area contributed by atoms with E-state index in [0.717, 1.165) is 5.56 Å². The van der Waals surface area contributed by atoms with Crippen molar-refractivity contribution < 1.29 is 9.53 Å². The van der Waals surface area contributed by atoms with Gasteiger partial charge in [0.05, 0.1) is 17.9 Å². The average Bonchev–Trinajstić information content (AvgIpc) is 3.24. The molecule has 5 N–H and O–H groups in total. The first-order chi connectivity index (χ1) is 14.1. The van der Waals surface area contributed by atoms with Gasteiger partial charge in [0.25, 0.3) is 5.91 Å². The van der Waals surface area contributed by atoms with E-state index in [4.69, 9.17) is 22.7 Å². The van der Waals surface area contributed by atoms with E-state index in [2.05, 4.69) is 20.9 Å². The summed E-state index contributed by atoms with van der Waals surface area (Å²) in [5.74, 6) is 1.38. The highest BCUT2D eigenvalue weighted by Gasteiger charge is 2.18. The monoisotopic (exact) mass is 413 g/mol. The van der Waals surface area contributed by atoms with Crippen LogP contribution in [0.25, 0.3) is 0 Å². The van der Waals surface area contributed by atoms with Crippen LogP contribution in [0, 0.1) is 5.92 Å². The molecular formula is C21H27N5O2S. The molecular weight excluding hydrogens is 386 g/mol. The van der Waals surface area contributed by atoms with Crippen LogP contribution >= 0.6 is 12.2 Å². The third kappa shape index (κ3) is 5.80. The lowest BCUT2D eigenvalue weighted by atomic mass is 10.1. The molecule has 1 saturated carbocycles. The Kier molecular flexibility index (Phi) is 7.24. The maximum absolute atomic E-state index is 11.9. The molecule has 1 heterocycles. The first kappa shape index (κ1) is 20.9. The van der Waals surface area contributed by atoms with Gasteiger partial charge in [0.1, 0.15) is 11.6 Å². The van der Waals surface area contributed by atoms with E-state index in [0.29, 0.717) is 47.0 Å². The van der Waals surface area contributed by atoms with Crippen LogP contribution in [-0.4, -0.2) is 29.7 Å². The van der Waals surface area contributed by atoms with Crippen molar-refractivity contribution in [2.24, 2.45) is 11.7 Å². The Balaban J connectivity index is 1.73. The third-order valence-corrected chi connectivity index (χ3v) is 5.31. The number of para-hydroxylation sites is 1. The number of aromatic nitrogens is 1. The minimum absolute atomic E-state index is 0.415. The van der Waals surface area contributed by atoms with E-state index in [1.807, 2.05) is 18.2 Å². The van der Waals surface area contributed by atoms with E-state index in [1.165, 1.54) is 25.7 Å². The van der Waals surface area contributed by atoms with Crippen molar-refractivity contribution in [2.45, 2.75) is 32.2 Å². The van der Waals surface area contributed by atoms with Crippen LogP contribution in [0.3, 0.4) is 0 Å². The van der Waals surface area contributed by atoms with Crippen LogP contribution in [0.2, 0.25) is 0 Å². The van der Waals surface area contributed by atoms with Gasteiger partial charge in [-0.25, -0.2) is 4.98 Å². The molecule has 1 aromatic carbocycles. The summed E-state index contributed by atoms with van der Waals surface area (Å²) in [6.07, 6.45) is 6.61. The number of nitrogens with one attached hydrogen (secondary N) is 3. The lowest BCUT2D eigenvalue weighted by molar-refractivity contribution is 0.100. The topological polar surface area (TPSA) is 101 Å². The number of nitrogens with two attached hydrogens (primary N) is 1. The van der Waals surface area contributed by atoms with Crippen LogP contribution in [-0.2, 0) is 6.54 Å². The predicted octanol–water partition coefficient (Wildman–Crippen LogP) is 3.28. The second kappa shape index (κ2) is 10.1. The molecule has 0 saturated heterocycles. The summed E-state index contributed by atoms with van der Waals surface area (Å²) >= 11 is 5.11. The number of thiocarbonyl (C=S) groups is 1. The number of anilines is 2. The lowest BCUT2D eigenvalue weighted by Gasteiger charge is -2.18. The lowest BCUT2D eigenvalue weighted by Crippen LogP contribution is -2.24. The highest BCUT2D eigenvalue weighted by Crippen LogP contribution is 2.31. The molecule has 0 spiro atoms. The molecule has 1 aromatic heterocycles. The molecule has 8 heteroatoms. The molecule has 0 atom stereocenters. The van der Waals surface area contributed by atoms with E-state index >= 15 is 0 Å². The first-order valence-electron chi connectivity index (χ1n) is 9.80. The zero-order valence-corrected chi connectivity index (χ0v) is 17.3. The number of hydrogen-bond acceptors (Lipinski definition) is 5. The molecule has 29 heavy (non-hydrogen) atoms. The van der Waals surface area contributed by atoms with Gasteiger partial charge in [0, 0.05) is 19.8 Å². The van der Waals surface area contributed by atoms with E-state index < -0.39 is 5.91 Å². The molecule has 0 radical (unpaired) electrons. The molecule has 1 aliphatic rings. The molecule has 0 unspecified atom stereocenters. The van der Waals surface area contributed by atoms with Gasteiger partial charge in [-0.2, -0.15) is 0 Å². The maximum Gasteiger partial charge on any atom is 0.250 e. The fourth-order valence-electron chi connectivity index (χ4n) is 3.45. The standard InChI is InChI=1S/C21H27N5O2S/c1-23-21(29)26-18-11-15(9-10-24-18)12-25-19-16(20(22)27)7-4-8-17(19)28-13-14-5-2-3-6-14/h4,7-11,14,25H,2-3,5-6,12-13H2,1H3,(H2,22,27)(H2,23,24,26,29). The van der Waals surface area contributed by atoms with Crippen LogP contribution in [0.5, 0.6) is 5.75 Å². The minimum atomic E-state index is -0.490. The highest BCUT2D eigenvalue weighted by atomic mass is 32.1. The molecule has 0 bridgehead atoms. The molecule has 2 aromatic rings. The molecule has 1 aliphatic carbocycles. The number of hydrogen-bond donors (Lipinski definition) is 4. The van der Waals surface area contributed by atoms with Gasteiger partial charge in [0.15, 0.2) is 5.11 Å². The fraction of sp³-hybridized carbons (Fsp3) is 0.381. The van der Waals surface area contributed by atoms with Crippen molar-refractivity contribution >= 4 is 34.7 Å². The minimum Gasteiger partial charge on any atom is -0.491 e. The molecule has 3 rings (SSSR count). The van der Waals surface area contributed by atoms with Crippen molar-refractivity contribution in [1.29, 1.82) is 0 Å². The summed E-state index contributed by atoms with van der Waals surface area (Å²) in [5.41, 5.74) is 7.60. The Morgan fingerprint density at radius 2 is 2.10 bits per heavy atom. The van der Waals surface area contributed by atoms with Gasteiger partial charge < -0.3 is 26.4 Å². The zero-order valence-electron chi connectivity index (χ0n) is 16.5. The summed E-state index contributed by atoms with van der Waals surface area (Å²) in [5, 5.41) is 9.67. The summed E-state index contributed by atoms with van der Waals surface area (Å²) in [6.45, 7) is 1.13. The van der Waals surface area contributed by atoms with Gasteiger partial charge in [-0.05, 0) is 60.8 Å². The molecule has 1 amide bonds. The Bertz CT molecular complexity index is 868. The number of benzene rings is 1. The number of carbonyl (C=O) groups excluding carboxylic acids is 1. The number of ether oxygens (including phenoxy) is 1. The number of carbonyl (C=O) groups is 1. The molecule has 7 nitrogen and oxygen atoms in total. The van der Waals surface area contributed by atoms with Gasteiger partial charge in [0.2, 0.25) is 0 Å². The summed E-state index contributed by atoms with van der Waals surface area (Å²) in [6, 6.07) is 9.16. The summed E-state index contributed by atoms with van der Waals surface area (Å²) in [4.78, 5) is 16.2. The normalized spacial score (nSPS) is 13.7. The quantitative estimate of drug-likeness (QED) is 0.493. The highest BCUT2D eigenvalue weighted by molar-refractivity contribution is 7.80.